The number of fused-ring (bicyclic) bond motifs is 5. The van der Waals surface area contributed by atoms with Crippen molar-refractivity contribution in [3.8, 4) is 0 Å². The van der Waals surface area contributed by atoms with E-state index in [-0.39, 0.29) is 0 Å². The van der Waals surface area contributed by atoms with Crippen LogP contribution in [0.25, 0.3) is 11.0 Å². The first kappa shape index (κ1) is 14.0. The molecule has 2 aromatic rings. The molecule has 1 aromatic heterocycles. The van der Waals surface area contributed by atoms with Gasteiger partial charge < -0.3 is 4.98 Å². The Hall–Kier alpha value is -1.35. The second-order valence-corrected chi connectivity index (χ2v) is 8.51. The predicted molar refractivity (Wildman–Crippen MR) is 93.8 cm³/mol. The Morgan fingerprint density at radius 2 is 2.17 bits per heavy atom. The van der Waals surface area contributed by atoms with Crippen molar-refractivity contribution in [2.24, 2.45) is 11.8 Å². The molecular formula is C20H27N3. The lowest BCUT2D eigenvalue weighted by atomic mass is 9.59. The second-order valence-electron chi connectivity index (χ2n) is 8.51. The zero-order chi connectivity index (χ0) is 15.8. The van der Waals surface area contributed by atoms with Gasteiger partial charge in [0, 0.05) is 12.6 Å². The first-order chi connectivity index (χ1) is 11.0. The van der Waals surface area contributed by atoms with Crippen LogP contribution >= 0.6 is 0 Å². The molecule has 0 radical (unpaired) electrons. The molecule has 3 aliphatic rings. The van der Waals surface area contributed by atoms with Crippen LogP contribution < -0.4 is 0 Å². The predicted octanol–water partition coefficient (Wildman–Crippen LogP) is 3.81. The molecular weight excluding hydrogens is 282 g/mol. The molecule has 5 rings (SSSR count). The summed E-state index contributed by atoms with van der Waals surface area (Å²) in [6.45, 7) is 9.67. The number of hydrogen-bond acceptors (Lipinski definition) is 2. The topological polar surface area (TPSA) is 31.9 Å². The van der Waals surface area contributed by atoms with E-state index in [1.165, 1.54) is 44.3 Å². The van der Waals surface area contributed by atoms with Gasteiger partial charge in [0.2, 0.25) is 0 Å². The normalized spacial score (nSPS) is 33.9. The first-order valence-electron chi connectivity index (χ1n) is 9.28. The van der Waals surface area contributed by atoms with Gasteiger partial charge in [-0.2, -0.15) is 0 Å². The standard InChI is InChI=1S/C20H27N3/c1-12-19-9-15-8-17-18(22-13(2)21-17)10-16(15)20(12,3)6-7-23(19)11-14-4-5-14/h8,10,12,14,19H,4-7,9,11H2,1-3H3,(H,21,22)/t12-,19+,20+/m0/s1. The summed E-state index contributed by atoms with van der Waals surface area (Å²) in [6.07, 6.45) is 5.42. The maximum atomic E-state index is 4.68. The average molecular weight is 309 g/mol. The van der Waals surface area contributed by atoms with E-state index in [1.807, 2.05) is 0 Å². The molecule has 0 spiro atoms. The van der Waals surface area contributed by atoms with E-state index >= 15 is 0 Å². The zero-order valence-corrected chi connectivity index (χ0v) is 14.5. The van der Waals surface area contributed by atoms with Crippen molar-refractivity contribution >= 4 is 11.0 Å². The molecule has 1 aliphatic heterocycles. The van der Waals surface area contributed by atoms with Crippen LogP contribution in [0.4, 0.5) is 0 Å². The lowest BCUT2D eigenvalue weighted by Gasteiger charge is -2.54. The number of nitrogens with zero attached hydrogens (tertiary/aromatic N) is 2. The van der Waals surface area contributed by atoms with E-state index in [0.29, 0.717) is 5.41 Å². The van der Waals surface area contributed by atoms with Crippen molar-refractivity contribution in [3.63, 3.8) is 0 Å². The number of H-pyrrole nitrogens is 1. The van der Waals surface area contributed by atoms with Crippen LogP contribution in [0, 0.1) is 18.8 Å². The maximum Gasteiger partial charge on any atom is 0.104 e. The van der Waals surface area contributed by atoms with E-state index in [1.54, 1.807) is 11.1 Å². The number of nitrogens with one attached hydrogen (secondary N) is 1. The summed E-state index contributed by atoms with van der Waals surface area (Å²) in [5, 5.41) is 0. The molecule has 3 atom stereocenters. The van der Waals surface area contributed by atoms with E-state index < -0.39 is 0 Å². The highest BCUT2D eigenvalue weighted by Gasteiger charge is 2.49. The molecule has 0 unspecified atom stereocenters. The summed E-state index contributed by atoms with van der Waals surface area (Å²) in [4.78, 5) is 10.9. The molecule has 3 nitrogen and oxygen atoms in total. The van der Waals surface area contributed by atoms with Gasteiger partial charge in [0.15, 0.2) is 0 Å². The minimum atomic E-state index is 0.319. The number of imidazole rings is 1. The van der Waals surface area contributed by atoms with Crippen molar-refractivity contribution in [3.05, 3.63) is 29.1 Å². The van der Waals surface area contributed by atoms with Crippen LogP contribution in [0.3, 0.4) is 0 Å². The Labute approximate surface area is 138 Å². The Bertz CT molecular complexity index is 773. The number of aromatic nitrogens is 2. The van der Waals surface area contributed by atoms with E-state index in [4.69, 9.17) is 0 Å². The number of aryl methyl sites for hydroxylation is 1. The number of aromatic amines is 1. The minimum absolute atomic E-state index is 0.319. The van der Waals surface area contributed by atoms with Gasteiger partial charge in [-0.25, -0.2) is 4.98 Å². The molecule has 1 aromatic carbocycles. The molecule has 2 fully saturated rings. The van der Waals surface area contributed by atoms with Gasteiger partial charge in [-0.15, -0.1) is 0 Å². The van der Waals surface area contributed by atoms with Crippen LogP contribution in [-0.4, -0.2) is 34.0 Å². The van der Waals surface area contributed by atoms with Crippen LogP contribution in [-0.2, 0) is 11.8 Å². The molecule has 1 saturated carbocycles. The summed E-state index contributed by atoms with van der Waals surface area (Å²) >= 11 is 0. The number of benzene rings is 1. The Morgan fingerprint density at radius 3 is 2.96 bits per heavy atom. The number of hydrogen-bond donors (Lipinski definition) is 1. The van der Waals surface area contributed by atoms with Crippen LogP contribution in [0.2, 0.25) is 0 Å². The van der Waals surface area contributed by atoms with Gasteiger partial charge in [0.1, 0.15) is 5.82 Å². The van der Waals surface area contributed by atoms with Gasteiger partial charge in [0.05, 0.1) is 11.0 Å². The molecule has 1 saturated heterocycles. The van der Waals surface area contributed by atoms with Gasteiger partial charge in [-0.05, 0) is 79.7 Å². The fourth-order valence-corrected chi connectivity index (χ4v) is 5.21. The Morgan fingerprint density at radius 1 is 1.35 bits per heavy atom. The van der Waals surface area contributed by atoms with E-state index in [0.717, 1.165) is 29.2 Å². The average Bonchev–Trinajstić information content (AvgIpc) is 3.24. The van der Waals surface area contributed by atoms with Crippen molar-refractivity contribution < 1.29 is 0 Å². The lowest BCUT2D eigenvalue weighted by molar-refractivity contribution is 0.0285. The van der Waals surface area contributed by atoms with Crippen molar-refractivity contribution in [1.29, 1.82) is 0 Å². The van der Waals surface area contributed by atoms with Crippen molar-refractivity contribution in [2.75, 3.05) is 13.1 Å². The number of piperidine rings is 1. The molecule has 3 heteroatoms. The Balaban J connectivity index is 1.60. The van der Waals surface area contributed by atoms with E-state index in [9.17, 15) is 0 Å². The zero-order valence-electron chi connectivity index (χ0n) is 14.5. The minimum Gasteiger partial charge on any atom is -0.342 e. The van der Waals surface area contributed by atoms with Crippen LogP contribution in [0.5, 0.6) is 0 Å². The molecule has 1 N–H and O–H groups in total. The molecule has 122 valence electrons. The number of likely N-dealkylation sites (tertiary alicyclic amines) is 1. The molecule has 0 amide bonds. The SMILES string of the molecule is Cc1nc2cc3c(cc2[nH]1)C[C@@H]1[C@H](C)[C@@]3(C)CCN1CC1CC1. The third kappa shape index (κ3) is 2.02. The van der Waals surface area contributed by atoms with E-state index in [2.05, 4.69) is 47.8 Å². The summed E-state index contributed by atoms with van der Waals surface area (Å²) < 4.78 is 0. The van der Waals surface area contributed by atoms with Crippen LogP contribution in [0.1, 0.15) is 50.1 Å². The van der Waals surface area contributed by atoms with Gasteiger partial charge in [-0.1, -0.05) is 13.8 Å². The third-order valence-corrected chi connectivity index (χ3v) is 7.03. The highest BCUT2D eigenvalue weighted by molar-refractivity contribution is 5.78. The highest BCUT2D eigenvalue weighted by atomic mass is 15.2. The maximum absolute atomic E-state index is 4.68. The lowest BCUT2D eigenvalue weighted by Crippen LogP contribution is -2.58. The smallest absolute Gasteiger partial charge is 0.104 e. The summed E-state index contributed by atoms with van der Waals surface area (Å²) in [6, 6.07) is 5.50. The third-order valence-electron chi connectivity index (χ3n) is 7.03. The van der Waals surface area contributed by atoms with Crippen LogP contribution in [0.15, 0.2) is 12.1 Å². The largest absolute Gasteiger partial charge is 0.342 e. The van der Waals surface area contributed by atoms with Gasteiger partial charge in [-0.3, -0.25) is 4.90 Å². The van der Waals surface area contributed by atoms with Crippen molar-refractivity contribution in [1.82, 2.24) is 14.9 Å². The summed E-state index contributed by atoms with van der Waals surface area (Å²) in [5.74, 6) is 2.75. The number of rotatable bonds is 2. The fourth-order valence-electron chi connectivity index (χ4n) is 5.21. The molecule has 2 heterocycles. The highest BCUT2D eigenvalue weighted by Crippen LogP contribution is 2.50. The summed E-state index contributed by atoms with van der Waals surface area (Å²) in [5.41, 5.74) is 5.82. The van der Waals surface area contributed by atoms with Gasteiger partial charge >= 0.3 is 0 Å². The molecule has 2 aliphatic carbocycles. The summed E-state index contributed by atoms with van der Waals surface area (Å²) in [7, 11) is 0. The molecule has 23 heavy (non-hydrogen) atoms. The molecule has 2 bridgehead atoms. The first-order valence-corrected chi connectivity index (χ1v) is 9.28. The fraction of sp³-hybridized carbons (Fsp3) is 0.650. The quantitative estimate of drug-likeness (QED) is 0.915. The van der Waals surface area contributed by atoms with Crippen molar-refractivity contribution in [2.45, 2.75) is 57.9 Å². The monoisotopic (exact) mass is 309 g/mol. The second kappa shape index (κ2) is 4.60. The van der Waals surface area contributed by atoms with Gasteiger partial charge in [0.25, 0.3) is 0 Å². The Kier molecular flexibility index (Phi) is 2.80.